The molecule has 4 N–H and O–H groups in total. The normalized spacial score (nSPS) is 17.0. The number of aromatic amines is 1. The zero-order valence-corrected chi connectivity index (χ0v) is 43.6. The van der Waals surface area contributed by atoms with Crippen molar-refractivity contribution in [1.82, 2.24) is 39.4 Å². The molecule has 18 nitrogen and oxygen atoms in total. The molecule has 3 saturated heterocycles. The summed E-state index contributed by atoms with van der Waals surface area (Å²) >= 11 is 0. The molecule has 6 aromatic rings. The monoisotopic (exact) mass is 1030 g/mol. The van der Waals surface area contributed by atoms with Crippen molar-refractivity contribution in [3.8, 4) is 34.3 Å². The van der Waals surface area contributed by atoms with Crippen molar-refractivity contribution in [1.29, 1.82) is 0 Å². The number of rotatable bonds is 13. The van der Waals surface area contributed by atoms with Gasteiger partial charge < -0.3 is 44.8 Å². The lowest BCUT2D eigenvalue weighted by Crippen LogP contribution is -2.49. The topological polar surface area (TPSA) is 192 Å². The summed E-state index contributed by atoms with van der Waals surface area (Å²) in [5.74, 6) is 2.61. The molecule has 0 atom stereocenters. The molecule has 74 heavy (non-hydrogen) atoms. The molecule has 4 aromatic carbocycles. The molecule has 0 saturated carbocycles. The van der Waals surface area contributed by atoms with Crippen LogP contribution in [0, 0.1) is 11.8 Å². The zero-order valence-electron chi connectivity index (χ0n) is 42.8. The van der Waals surface area contributed by atoms with Gasteiger partial charge in [0.15, 0.2) is 11.6 Å². The number of aromatic nitrogens is 5. The first kappa shape index (κ1) is 51.7. The van der Waals surface area contributed by atoms with Gasteiger partial charge >= 0.3 is 5.69 Å². The van der Waals surface area contributed by atoms with E-state index in [0.717, 1.165) is 114 Å². The number of hydrogen-bond donors (Lipinski definition) is 4. The lowest BCUT2D eigenvalue weighted by Gasteiger charge is -2.40. The molecule has 6 heterocycles. The van der Waals surface area contributed by atoms with E-state index in [-0.39, 0.29) is 47.5 Å². The summed E-state index contributed by atoms with van der Waals surface area (Å²) in [6.07, 6.45) is 5.35. The first-order valence-corrected chi connectivity index (χ1v) is 25.7. The van der Waals surface area contributed by atoms with E-state index in [2.05, 4.69) is 52.2 Å². The Morgan fingerprint density at radius 1 is 0.797 bits per heavy atom. The maximum Gasteiger partial charge on any atom is 0.348 e. The number of halogens is 1. The second-order valence-electron chi connectivity index (χ2n) is 20.1. The maximum atomic E-state index is 13.9. The number of carbonyl (C=O) groups is 2. The van der Waals surface area contributed by atoms with Gasteiger partial charge in [0, 0.05) is 103 Å². The van der Waals surface area contributed by atoms with E-state index in [1.165, 1.54) is 10.6 Å². The van der Waals surface area contributed by atoms with Crippen molar-refractivity contribution >= 4 is 58.7 Å². The molecular formula is C55H67ClN12O6. The third-order valence-corrected chi connectivity index (χ3v) is 15.1. The van der Waals surface area contributed by atoms with Crippen molar-refractivity contribution in [3.05, 3.63) is 112 Å². The molecule has 0 unspecified atom stereocenters. The Morgan fingerprint density at radius 2 is 1.50 bits per heavy atom. The number of anilines is 6. The lowest BCUT2D eigenvalue weighted by molar-refractivity contribution is -0.137. The SMILES string of the molecule is CCOc1cc(N2CCC(C(=O)N3CCC(CN4CCN(Cc5ccc(-n6c(-c7cc(C(C)C)c(O)cc7O)n[nH]c6=O)cc5)CC4)CC3)CC2)ccc1Nc1ncc2c(n1)N(C)c1ccccc1C(=O)N2C.Cl. The number of piperidine rings is 2. The molecular weight excluding hydrogens is 960 g/mol. The van der Waals surface area contributed by atoms with Crippen LogP contribution in [0.1, 0.15) is 73.9 Å². The molecule has 4 aliphatic heterocycles. The van der Waals surface area contributed by atoms with Gasteiger partial charge in [-0.1, -0.05) is 38.1 Å². The number of fused-ring (bicyclic) bond motifs is 2. The van der Waals surface area contributed by atoms with Gasteiger partial charge in [-0.15, -0.1) is 12.4 Å². The Balaban J connectivity index is 0.00000672. The molecule has 2 aromatic heterocycles. The number of ether oxygens (including phenoxy) is 1. The number of carbonyl (C=O) groups excluding carboxylic acids is 2. The van der Waals surface area contributed by atoms with Gasteiger partial charge in [0.25, 0.3) is 5.91 Å². The Bertz CT molecular complexity index is 3030. The van der Waals surface area contributed by atoms with Crippen LogP contribution in [-0.4, -0.2) is 141 Å². The summed E-state index contributed by atoms with van der Waals surface area (Å²) in [6.45, 7) is 15.4. The minimum Gasteiger partial charge on any atom is -0.508 e. The number of likely N-dealkylation sites (tertiary alicyclic amines) is 1. The molecule has 0 spiro atoms. The molecule has 0 aliphatic carbocycles. The van der Waals surface area contributed by atoms with E-state index in [0.29, 0.717) is 64.0 Å². The quantitative estimate of drug-likeness (QED) is 0.0878. The predicted molar refractivity (Wildman–Crippen MR) is 290 cm³/mol. The first-order chi connectivity index (χ1) is 35.3. The zero-order chi connectivity index (χ0) is 50.9. The average molecular weight is 1030 g/mol. The summed E-state index contributed by atoms with van der Waals surface area (Å²) in [7, 11) is 3.64. The fourth-order valence-corrected chi connectivity index (χ4v) is 10.9. The smallest absolute Gasteiger partial charge is 0.348 e. The molecule has 4 aliphatic rings. The number of hydrogen-bond acceptors (Lipinski definition) is 14. The van der Waals surface area contributed by atoms with Crippen LogP contribution < -0.4 is 30.4 Å². The van der Waals surface area contributed by atoms with Crippen LogP contribution in [0.4, 0.5) is 34.5 Å². The van der Waals surface area contributed by atoms with E-state index in [9.17, 15) is 24.6 Å². The van der Waals surface area contributed by atoms with Crippen molar-refractivity contribution in [3.63, 3.8) is 0 Å². The van der Waals surface area contributed by atoms with Crippen LogP contribution >= 0.6 is 12.4 Å². The summed E-state index contributed by atoms with van der Waals surface area (Å²) in [4.78, 5) is 62.6. The van der Waals surface area contributed by atoms with Gasteiger partial charge in [-0.05, 0) is 98.0 Å². The number of nitrogens with one attached hydrogen (secondary N) is 2. The molecule has 19 heteroatoms. The van der Waals surface area contributed by atoms with Gasteiger partial charge in [-0.2, -0.15) is 10.1 Å². The number of para-hydroxylation sites is 1. The predicted octanol–water partition coefficient (Wildman–Crippen LogP) is 7.75. The number of aromatic hydroxyl groups is 2. The minimum absolute atomic E-state index is 0. The van der Waals surface area contributed by atoms with Gasteiger partial charge in [0.05, 0.1) is 41.0 Å². The Hall–Kier alpha value is -7.15. The van der Waals surface area contributed by atoms with Gasteiger partial charge in [-0.3, -0.25) is 14.5 Å². The van der Waals surface area contributed by atoms with E-state index < -0.39 is 5.69 Å². The second kappa shape index (κ2) is 22.1. The lowest BCUT2D eigenvalue weighted by atomic mass is 9.91. The standard InChI is InChI=1S/C55H66N12O6.ClH/c1-6-73-49-29-40(15-16-44(49)57-54-56-32-46-51(58-54)61(4)45-10-8-7-9-41(45)53(71)62(46)5)65-23-19-38(20-24-65)52(70)66-21-17-37(18-22-66)34-64-27-25-63(26-28-64)33-36-11-13-39(14-12-36)67-50(59-60-55(67)72)43-30-42(35(2)3)47(68)31-48(43)69;/h7-16,29-32,35,37-38,68-69H,6,17-28,33-34H2,1-5H3,(H,60,72)(H,56,57,58);1H. The molecule has 0 bridgehead atoms. The molecule has 10 rings (SSSR count). The number of nitrogens with zero attached hydrogens (tertiary/aromatic N) is 10. The number of phenols is 2. The third kappa shape index (κ3) is 10.6. The van der Waals surface area contributed by atoms with Crippen molar-refractivity contribution in [2.45, 2.75) is 58.9 Å². The van der Waals surface area contributed by atoms with Crippen LogP contribution in [0.3, 0.4) is 0 Å². The third-order valence-electron chi connectivity index (χ3n) is 15.1. The van der Waals surface area contributed by atoms with Gasteiger partial charge in [0.2, 0.25) is 11.9 Å². The highest BCUT2D eigenvalue weighted by Gasteiger charge is 2.33. The summed E-state index contributed by atoms with van der Waals surface area (Å²) in [6, 6.07) is 24.5. The Kier molecular flexibility index (Phi) is 15.5. The summed E-state index contributed by atoms with van der Waals surface area (Å²) in [5, 5.41) is 31.2. The number of phenolic OH excluding ortho intramolecular Hbond substituents is 2. The largest absolute Gasteiger partial charge is 0.508 e. The van der Waals surface area contributed by atoms with Crippen LogP contribution in [0.2, 0.25) is 0 Å². The molecule has 3 fully saturated rings. The number of benzene rings is 4. The second-order valence-corrected chi connectivity index (χ2v) is 20.1. The van der Waals surface area contributed by atoms with E-state index in [4.69, 9.17) is 9.72 Å². The number of H-pyrrole nitrogens is 1. The van der Waals surface area contributed by atoms with Gasteiger partial charge in [0.1, 0.15) is 22.9 Å². The Labute approximate surface area is 438 Å². The Morgan fingerprint density at radius 3 is 2.22 bits per heavy atom. The number of piperazine rings is 1. The highest BCUT2D eigenvalue weighted by atomic mass is 35.5. The van der Waals surface area contributed by atoms with Crippen molar-refractivity contribution in [2.24, 2.45) is 11.8 Å². The highest BCUT2D eigenvalue weighted by Crippen LogP contribution is 2.41. The van der Waals surface area contributed by atoms with Crippen LogP contribution in [0.25, 0.3) is 17.1 Å². The van der Waals surface area contributed by atoms with Crippen LogP contribution in [0.15, 0.2) is 89.9 Å². The number of amides is 2. The van der Waals surface area contributed by atoms with Crippen LogP contribution in [0.5, 0.6) is 17.2 Å². The highest BCUT2D eigenvalue weighted by molar-refractivity contribution is 6.13. The van der Waals surface area contributed by atoms with E-state index in [1.807, 2.05) is 87.3 Å². The first-order valence-electron chi connectivity index (χ1n) is 25.7. The molecule has 2 amide bonds. The minimum atomic E-state index is -0.413. The van der Waals surface area contributed by atoms with Crippen LogP contribution in [-0.2, 0) is 11.3 Å². The summed E-state index contributed by atoms with van der Waals surface area (Å²) in [5.41, 5.74) is 6.16. The van der Waals surface area contributed by atoms with Crippen molar-refractivity contribution in [2.75, 3.05) is 99.6 Å². The fourth-order valence-electron chi connectivity index (χ4n) is 10.9. The summed E-state index contributed by atoms with van der Waals surface area (Å²) < 4.78 is 7.59. The van der Waals surface area contributed by atoms with E-state index >= 15 is 0 Å². The fraction of sp³-hybridized carbons (Fsp3) is 0.418. The van der Waals surface area contributed by atoms with E-state index in [1.54, 1.807) is 24.2 Å². The molecule has 390 valence electrons. The van der Waals surface area contributed by atoms with Gasteiger partial charge in [-0.25, -0.2) is 19.4 Å². The van der Waals surface area contributed by atoms with Crippen molar-refractivity contribution < 1.29 is 24.5 Å². The maximum absolute atomic E-state index is 13.9. The average Bonchev–Trinajstić information content (AvgIpc) is 3.76. The molecule has 0 radical (unpaired) electrons.